The van der Waals surface area contributed by atoms with Crippen molar-refractivity contribution in [3.05, 3.63) is 101 Å². The highest BCUT2D eigenvalue weighted by Crippen LogP contribution is 2.34. The van der Waals surface area contributed by atoms with Gasteiger partial charge in [-0.05, 0) is 61.6 Å². The first-order chi connectivity index (χ1) is 22.6. The Morgan fingerprint density at radius 1 is 1.02 bits per heavy atom. The molecule has 4 N–H and O–H groups in total. The van der Waals surface area contributed by atoms with Crippen LogP contribution in [0.1, 0.15) is 78.4 Å². The van der Waals surface area contributed by atoms with Gasteiger partial charge in [0.25, 0.3) is 11.8 Å². The molecule has 47 heavy (non-hydrogen) atoms. The molecule has 5 rings (SSSR count). The van der Waals surface area contributed by atoms with Crippen molar-refractivity contribution in [2.45, 2.75) is 51.1 Å². The third-order valence-electron chi connectivity index (χ3n) is 9.04. The molecular weight excluding hydrogens is 594 g/mol. The van der Waals surface area contributed by atoms with E-state index in [1.165, 1.54) is 4.90 Å². The second-order valence-corrected chi connectivity index (χ2v) is 12.1. The van der Waals surface area contributed by atoms with Crippen LogP contribution in [0, 0.1) is 0 Å². The summed E-state index contributed by atoms with van der Waals surface area (Å²) in [7, 11) is 3.51. The van der Waals surface area contributed by atoms with Gasteiger partial charge in [0.2, 0.25) is 0 Å². The van der Waals surface area contributed by atoms with Gasteiger partial charge in [0.1, 0.15) is 17.2 Å². The maximum absolute atomic E-state index is 14.0. The standard InChI is InChI=1S/C36H43N7O4/c1-5-6-22-47-35(46)42(4)36(2,34(45)43-20-10-11-21-43)27-18-19-29-28(23-27)39-32(41(29)3)30(37)24-14-16-25(17-15-24)31(38)40-33(44)26-12-8-7-9-13-26/h7-9,12-19,23,30H,5-6,10-11,20-22,37H2,1-4H3,(H2,38,40,44). The number of hydrogen-bond donors (Lipinski definition) is 2. The Morgan fingerprint density at radius 2 is 1.70 bits per heavy atom. The summed E-state index contributed by atoms with van der Waals surface area (Å²) < 4.78 is 7.45. The first-order valence-corrected chi connectivity index (χ1v) is 16.0. The van der Waals surface area contributed by atoms with Gasteiger partial charge in [0.15, 0.2) is 0 Å². The van der Waals surface area contributed by atoms with Gasteiger partial charge in [0, 0.05) is 38.3 Å². The maximum atomic E-state index is 14.0. The number of amides is 3. The average Bonchev–Trinajstić information content (AvgIpc) is 3.75. The zero-order valence-corrected chi connectivity index (χ0v) is 27.5. The minimum Gasteiger partial charge on any atom is -0.449 e. The molecule has 11 heteroatoms. The summed E-state index contributed by atoms with van der Waals surface area (Å²) in [6.07, 6.45) is 2.95. The Morgan fingerprint density at radius 3 is 2.36 bits per heavy atom. The van der Waals surface area contributed by atoms with E-state index in [1.54, 1.807) is 50.4 Å². The number of nitrogens with zero attached hydrogens (tertiary/aromatic N) is 5. The lowest BCUT2D eigenvalue weighted by molar-refractivity contribution is -0.141. The molecule has 1 fully saturated rings. The Bertz CT molecular complexity index is 1780. The van der Waals surface area contributed by atoms with Gasteiger partial charge in [-0.2, -0.15) is 4.99 Å². The van der Waals surface area contributed by atoms with E-state index in [9.17, 15) is 14.4 Å². The molecule has 246 valence electrons. The molecule has 0 aliphatic carbocycles. The molecule has 1 aliphatic heterocycles. The predicted octanol–water partition coefficient (Wildman–Crippen LogP) is 4.87. The van der Waals surface area contributed by atoms with Gasteiger partial charge >= 0.3 is 6.09 Å². The predicted molar refractivity (Wildman–Crippen MR) is 182 cm³/mol. The highest BCUT2D eigenvalue weighted by atomic mass is 16.6. The number of likely N-dealkylation sites (tertiary alicyclic amines) is 1. The summed E-state index contributed by atoms with van der Waals surface area (Å²) in [6.45, 7) is 5.39. The normalized spacial score (nSPS) is 15.3. The van der Waals surface area contributed by atoms with Crippen molar-refractivity contribution in [2.24, 2.45) is 23.5 Å². The van der Waals surface area contributed by atoms with Crippen LogP contribution in [0.5, 0.6) is 0 Å². The summed E-state index contributed by atoms with van der Waals surface area (Å²) >= 11 is 0. The molecule has 3 aromatic carbocycles. The summed E-state index contributed by atoms with van der Waals surface area (Å²) in [5.74, 6) is 0.164. The number of fused-ring (bicyclic) bond motifs is 1. The van der Waals surface area contributed by atoms with E-state index in [4.69, 9.17) is 21.2 Å². The Balaban J connectivity index is 1.43. The second-order valence-electron chi connectivity index (χ2n) is 12.1. The number of aromatic nitrogens is 2. The second kappa shape index (κ2) is 14.2. The Kier molecular flexibility index (Phi) is 10.0. The van der Waals surface area contributed by atoms with Crippen LogP contribution < -0.4 is 11.5 Å². The van der Waals surface area contributed by atoms with Crippen LogP contribution in [0.2, 0.25) is 0 Å². The van der Waals surface area contributed by atoms with E-state index in [0.29, 0.717) is 47.7 Å². The Labute approximate surface area is 275 Å². The maximum Gasteiger partial charge on any atom is 0.410 e. The number of aliphatic imine (C=N–C) groups is 1. The quantitative estimate of drug-likeness (QED) is 0.143. The van der Waals surface area contributed by atoms with Gasteiger partial charge in [0.05, 0.1) is 23.7 Å². The molecule has 1 aromatic heterocycles. The number of carbonyl (C=O) groups excluding carboxylic acids is 3. The smallest absolute Gasteiger partial charge is 0.410 e. The van der Waals surface area contributed by atoms with Gasteiger partial charge in [-0.25, -0.2) is 9.78 Å². The van der Waals surface area contributed by atoms with Crippen molar-refractivity contribution in [3.8, 4) is 0 Å². The van der Waals surface area contributed by atoms with Crippen molar-refractivity contribution in [3.63, 3.8) is 0 Å². The zero-order chi connectivity index (χ0) is 33.7. The van der Waals surface area contributed by atoms with E-state index < -0.39 is 23.6 Å². The number of likely N-dealkylation sites (N-methyl/N-ethyl adjacent to an activating group) is 1. The molecule has 0 spiro atoms. The van der Waals surface area contributed by atoms with Gasteiger partial charge in [-0.1, -0.05) is 61.9 Å². The minimum absolute atomic E-state index is 0.111. The molecule has 11 nitrogen and oxygen atoms in total. The van der Waals surface area contributed by atoms with Gasteiger partial charge in [-0.15, -0.1) is 0 Å². The third kappa shape index (κ3) is 6.76. The number of nitrogens with two attached hydrogens (primary N) is 2. The average molecular weight is 638 g/mol. The molecule has 1 aliphatic rings. The van der Waals surface area contributed by atoms with E-state index in [2.05, 4.69) is 4.99 Å². The topological polar surface area (TPSA) is 149 Å². The SMILES string of the molecule is CCCCOC(=O)N(C)C(C)(C(=O)N1CCCC1)c1ccc2c(c1)nc(C(N)c1ccc(C(N)=NC(=O)c3ccccc3)cc1)n2C. The molecule has 0 bridgehead atoms. The minimum atomic E-state index is -1.30. The molecule has 0 radical (unpaired) electrons. The summed E-state index contributed by atoms with van der Waals surface area (Å²) in [5, 5.41) is 0. The fraction of sp³-hybridized carbons (Fsp3) is 0.361. The fourth-order valence-electron chi connectivity index (χ4n) is 5.90. The molecule has 2 heterocycles. The van der Waals surface area contributed by atoms with Crippen molar-refractivity contribution in [1.82, 2.24) is 19.4 Å². The van der Waals surface area contributed by atoms with Crippen molar-refractivity contribution in [2.75, 3.05) is 26.7 Å². The van der Waals surface area contributed by atoms with Crippen LogP contribution in [-0.2, 0) is 22.1 Å². The molecule has 3 amide bonds. The first kappa shape index (κ1) is 33.3. The Hall–Kier alpha value is -5.03. The van der Waals surface area contributed by atoms with Crippen LogP contribution in [0.15, 0.2) is 77.8 Å². The van der Waals surface area contributed by atoms with Crippen LogP contribution in [0.3, 0.4) is 0 Å². The summed E-state index contributed by atoms with van der Waals surface area (Å²) in [6, 6.07) is 21.0. The molecule has 1 saturated heterocycles. The lowest BCUT2D eigenvalue weighted by atomic mass is 9.88. The zero-order valence-electron chi connectivity index (χ0n) is 27.5. The van der Waals surface area contributed by atoms with Crippen LogP contribution >= 0.6 is 0 Å². The first-order valence-electron chi connectivity index (χ1n) is 16.0. The fourth-order valence-corrected chi connectivity index (χ4v) is 5.90. The number of carbonyl (C=O) groups is 3. The summed E-state index contributed by atoms with van der Waals surface area (Å²) in [4.78, 5) is 51.9. The molecule has 2 atom stereocenters. The number of hydrogen-bond acceptors (Lipinski definition) is 6. The van der Waals surface area contributed by atoms with Crippen molar-refractivity contribution in [1.29, 1.82) is 0 Å². The van der Waals surface area contributed by atoms with E-state index in [1.807, 2.05) is 59.8 Å². The van der Waals surface area contributed by atoms with E-state index in [0.717, 1.165) is 36.8 Å². The number of ether oxygens (including phenoxy) is 1. The number of benzene rings is 3. The number of imidazole rings is 1. The highest BCUT2D eigenvalue weighted by molar-refractivity contribution is 6.08. The highest BCUT2D eigenvalue weighted by Gasteiger charge is 2.46. The third-order valence-corrected chi connectivity index (χ3v) is 9.04. The van der Waals surface area contributed by atoms with Crippen molar-refractivity contribution >= 4 is 34.8 Å². The molecular formula is C36H43N7O4. The number of aryl methyl sites for hydroxylation is 1. The number of rotatable bonds is 10. The van der Waals surface area contributed by atoms with Gasteiger partial charge in [-0.3, -0.25) is 14.5 Å². The van der Waals surface area contributed by atoms with E-state index in [-0.39, 0.29) is 11.7 Å². The number of unbranched alkanes of at least 4 members (excludes halogenated alkanes) is 1. The number of amidine groups is 1. The molecule has 4 aromatic rings. The lowest BCUT2D eigenvalue weighted by Gasteiger charge is -2.39. The largest absolute Gasteiger partial charge is 0.449 e. The van der Waals surface area contributed by atoms with Crippen LogP contribution in [0.25, 0.3) is 11.0 Å². The summed E-state index contributed by atoms with van der Waals surface area (Å²) in [5.41, 5.74) is 15.5. The monoisotopic (exact) mass is 637 g/mol. The lowest BCUT2D eigenvalue weighted by Crippen LogP contribution is -2.55. The van der Waals surface area contributed by atoms with Crippen molar-refractivity contribution < 1.29 is 19.1 Å². The van der Waals surface area contributed by atoms with E-state index >= 15 is 0 Å². The van der Waals surface area contributed by atoms with Crippen LogP contribution in [0.4, 0.5) is 4.79 Å². The van der Waals surface area contributed by atoms with Crippen LogP contribution in [-0.4, -0.2) is 69.8 Å². The molecule has 0 saturated carbocycles. The molecule has 2 unspecified atom stereocenters. The van der Waals surface area contributed by atoms with Gasteiger partial charge < -0.3 is 25.7 Å².